The summed E-state index contributed by atoms with van der Waals surface area (Å²) in [6.45, 7) is 5.51. The summed E-state index contributed by atoms with van der Waals surface area (Å²) in [6.07, 6.45) is -3.83. The van der Waals surface area contributed by atoms with Crippen molar-refractivity contribution in [3.8, 4) is 11.3 Å². The topological polar surface area (TPSA) is 71.5 Å². The first-order valence-electron chi connectivity index (χ1n) is 11.0. The van der Waals surface area contributed by atoms with E-state index in [1.807, 2.05) is 18.7 Å². The van der Waals surface area contributed by atoms with Crippen molar-refractivity contribution in [1.82, 2.24) is 15.2 Å². The van der Waals surface area contributed by atoms with Gasteiger partial charge in [0.1, 0.15) is 11.6 Å². The fraction of sp³-hybridized carbons (Fsp3) is 0.333. The third-order valence-electron chi connectivity index (χ3n) is 6.19. The molecule has 0 amide bonds. The number of aromatic nitrogens is 3. The first-order valence-corrected chi connectivity index (χ1v) is 11.3. The molecule has 4 rings (SSSR count). The number of hydrogen-bond donors (Lipinski definition) is 0. The second kappa shape index (κ2) is 9.88. The lowest BCUT2D eigenvalue weighted by molar-refractivity contribution is -0.138. The molecule has 0 spiro atoms. The van der Waals surface area contributed by atoms with Gasteiger partial charge < -0.3 is 14.5 Å². The number of pyridine rings is 1. The highest BCUT2D eigenvalue weighted by Crippen LogP contribution is 2.35. The first-order chi connectivity index (χ1) is 17.0. The molecule has 0 atom stereocenters. The van der Waals surface area contributed by atoms with Gasteiger partial charge in [-0.1, -0.05) is 11.6 Å². The van der Waals surface area contributed by atoms with Gasteiger partial charge in [0.25, 0.3) is 0 Å². The van der Waals surface area contributed by atoms with E-state index in [0.717, 1.165) is 30.5 Å². The van der Waals surface area contributed by atoms with E-state index in [2.05, 4.69) is 19.9 Å². The summed E-state index contributed by atoms with van der Waals surface area (Å²) in [7, 11) is 1.02. The van der Waals surface area contributed by atoms with Crippen LogP contribution in [0.25, 0.3) is 11.3 Å². The summed E-state index contributed by atoms with van der Waals surface area (Å²) in [5.74, 6) is -0.831. The SMILES string of the molecule is COC(=O)c1cnc(N2CCN(c3nnc(-c4ccc(F)c(Cl)c4)c(C)c3C)CC2)cc1C(F)(F)F. The Morgan fingerprint density at radius 3 is 2.31 bits per heavy atom. The van der Waals surface area contributed by atoms with E-state index in [9.17, 15) is 22.4 Å². The average molecular weight is 524 g/mol. The Balaban J connectivity index is 1.53. The van der Waals surface area contributed by atoms with E-state index < -0.39 is 29.1 Å². The number of ether oxygens (including phenoxy) is 1. The Hall–Kier alpha value is -3.47. The zero-order chi connectivity index (χ0) is 26.2. The highest BCUT2D eigenvalue weighted by Gasteiger charge is 2.37. The molecule has 1 aliphatic rings. The molecule has 3 heterocycles. The zero-order valence-corrected chi connectivity index (χ0v) is 20.4. The Labute approximate surface area is 209 Å². The molecule has 190 valence electrons. The van der Waals surface area contributed by atoms with Gasteiger partial charge in [0.15, 0.2) is 5.82 Å². The quantitative estimate of drug-likeness (QED) is 0.349. The fourth-order valence-electron chi connectivity index (χ4n) is 4.08. The number of halogens is 5. The molecular formula is C24H22ClF4N5O2. The summed E-state index contributed by atoms with van der Waals surface area (Å²) in [5, 5.41) is 8.71. The van der Waals surface area contributed by atoms with Crippen molar-refractivity contribution in [2.75, 3.05) is 43.1 Å². The lowest BCUT2D eigenvalue weighted by atomic mass is 10.0. The molecule has 1 aliphatic heterocycles. The first kappa shape index (κ1) is 25.6. The molecule has 1 saturated heterocycles. The van der Waals surface area contributed by atoms with E-state index in [1.54, 1.807) is 11.0 Å². The van der Waals surface area contributed by atoms with E-state index in [1.165, 1.54) is 12.1 Å². The van der Waals surface area contributed by atoms with Gasteiger partial charge in [0.05, 0.1) is 29.0 Å². The number of carbonyl (C=O) groups excluding carboxylic acids is 1. The number of nitrogens with zero attached hydrogens (tertiary/aromatic N) is 5. The smallest absolute Gasteiger partial charge is 0.417 e. The molecule has 0 aliphatic carbocycles. The normalized spacial score (nSPS) is 14.2. The lowest BCUT2D eigenvalue weighted by Gasteiger charge is -2.36. The number of rotatable bonds is 4. The van der Waals surface area contributed by atoms with Gasteiger partial charge in [-0.3, -0.25) is 0 Å². The minimum atomic E-state index is -4.73. The maximum atomic E-state index is 13.6. The number of esters is 1. The van der Waals surface area contributed by atoms with Crippen molar-refractivity contribution in [1.29, 1.82) is 0 Å². The maximum absolute atomic E-state index is 13.6. The minimum absolute atomic E-state index is 0.00606. The Morgan fingerprint density at radius 1 is 1.03 bits per heavy atom. The number of piperazine rings is 1. The highest BCUT2D eigenvalue weighted by molar-refractivity contribution is 6.31. The minimum Gasteiger partial charge on any atom is -0.465 e. The summed E-state index contributed by atoms with van der Waals surface area (Å²) < 4.78 is 58.7. The molecule has 7 nitrogen and oxygen atoms in total. The van der Waals surface area contributed by atoms with E-state index >= 15 is 0 Å². The van der Waals surface area contributed by atoms with Crippen molar-refractivity contribution >= 4 is 29.2 Å². The van der Waals surface area contributed by atoms with Gasteiger partial charge in [0, 0.05) is 37.9 Å². The predicted molar refractivity (Wildman–Crippen MR) is 127 cm³/mol. The summed E-state index contributed by atoms with van der Waals surface area (Å²) >= 11 is 5.91. The van der Waals surface area contributed by atoms with Crippen molar-refractivity contribution in [3.05, 3.63) is 63.6 Å². The number of hydrogen-bond acceptors (Lipinski definition) is 7. The van der Waals surface area contributed by atoms with Gasteiger partial charge >= 0.3 is 12.1 Å². The number of carbonyl (C=O) groups is 1. The molecule has 0 unspecified atom stereocenters. The molecule has 3 aromatic rings. The Morgan fingerprint density at radius 2 is 1.69 bits per heavy atom. The standard InChI is InChI=1S/C24H22ClF4N5O2/c1-13-14(2)22(32-31-21(13)15-4-5-19(26)18(25)10-15)34-8-6-33(7-9-34)20-11-17(24(27,28)29)16(12-30-20)23(35)36-3/h4-5,10-12H,6-9H2,1-3H3. The van der Waals surface area contributed by atoms with Crippen molar-refractivity contribution in [3.63, 3.8) is 0 Å². The van der Waals surface area contributed by atoms with Crippen LogP contribution in [0, 0.1) is 19.7 Å². The average Bonchev–Trinajstić information content (AvgIpc) is 2.86. The number of methoxy groups -OCH3 is 1. The second-order valence-electron chi connectivity index (χ2n) is 8.30. The van der Waals surface area contributed by atoms with Crippen LogP contribution < -0.4 is 9.80 Å². The van der Waals surface area contributed by atoms with E-state index in [4.69, 9.17) is 11.6 Å². The van der Waals surface area contributed by atoms with Gasteiger partial charge in [-0.05, 0) is 49.2 Å². The van der Waals surface area contributed by atoms with Crippen LogP contribution in [-0.4, -0.2) is 54.4 Å². The van der Waals surface area contributed by atoms with Gasteiger partial charge in [-0.15, -0.1) is 10.2 Å². The van der Waals surface area contributed by atoms with Gasteiger partial charge in [-0.2, -0.15) is 13.2 Å². The molecule has 2 aromatic heterocycles. The van der Waals surface area contributed by atoms with Gasteiger partial charge in [-0.25, -0.2) is 14.2 Å². The van der Waals surface area contributed by atoms with Crippen LogP contribution in [0.3, 0.4) is 0 Å². The number of alkyl halides is 3. The molecule has 0 radical (unpaired) electrons. The monoisotopic (exact) mass is 523 g/mol. The molecule has 12 heteroatoms. The molecule has 36 heavy (non-hydrogen) atoms. The molecule has 0 N–H and O–H groups in total. The Bertz CT molecular complexity index is 1310. The van der Waals surface area contributed by atoms with Crippen molar-refractivity contribution in [2.24, 2.45) is 0 Å². The molecule has 1 fully saturated rings. The highest BCUT2D eigenvalue weighted by atomic mass is 35.5. The van der Waals surface area contributed by atoms with Crippen LogP contribution in [0.2, 0.25) is 5.02 Å². The third kappa shape index (κ3) is 4.92. The lowest BCUT2D eigenvalue weighted by Crippen LogP contribution is -2.47. The third-order valence-corrected chi connectivity index (χ3v) is 6.48. The summed E-state index contributed by atoms with van der Waals surface area (Å²) in [5.41, 5.74) is 1.26. The zero-order valence-electron chi connectivity index (χ0n) is 19.7. The fourth-order valence-corrected chi connectivity index (χ4v) is 4.26. The Kier molecular flexibility index (Phi) is 7.03. The molecule has 0 bridgehead atoms. The number of anilines is 2. The van der Waals surface area contributed by atoms with Crippen molar-refractivity contribution < 1.29 is 27.1 Å². The van der Waals surface area contributed by atoms with E-state index in [0.29, 0.717) is 43.3 Å². The summed E-state index contributed by atoms with van der Waals surface area (Å²) in [6, 6.07) is 5.24. The maximum Gasteiger partial charge on any atom is 0.417 e. The molecular weight excluding hydrogens is 502 g/mol. The molecule has 0 saturated carbocycles. The largest absolute Gasteiger partial charge is 0.465 e. The van der Waals surface area contributed by atoms with Crippen LogP contribution in [0.5, 0.6) is 0 Å². The second-order valence-corrected chi connectivity index (χ2v) is 8.71. The van der Waals surface area contributed by atoms with Crippen LogP contribution >= 0.6 is 11.6 Å². The predicted octanol–water partition coefficient (Wildman–Crippen LogP) is 5.08. The van der Waals surface area contributed by atoms with Crippen LogP contribution in [0.1, 0.15) is 27.0 Å². The van der Waals surface area contributed by atoms with E-state index in [-0.39, 0.29) is 10.8 Å². The van der Waals surface area contributed by atoms with Crippen LogP contribution in [0.4, 0.5) is 29.2 Å². The molecule has 1 aromatic carbocycles. The van der Waals surface area contributed by atoms with Gasteiger partial charge in [0.2, 0.25) is 0 Å². The van der Waals surface area contributed by atoms with Crippen LogP contribution in [-0.2, 0) is 10.9 Å². The number of benzene rings is 1. The summed E-state index contributed by atoms with van der Waals surface area (Å²) in [4.78, 5) is 19.6. The van der Waals surface area contributed by atoms with Crippen molar-refractivity contribution in [2.45, 2.75) is 20.0 Å². The van der Waals surface area contributed by atoms with Crippen LogP contribution in [0.15, 0.2) is 30.5 Å².